The summed E-state index contributed by atoms with van der Waals surface area (Å²) >= 11 is 0. The molecule has 0 aromatic rings. The Bertz CT molecular complexity index is 276. The molecule has 0 saturated carbocycles. The van der Waals surface area contributed by atoms with Crippen LogP contribution in [0.25, 0.3) is 0 Å². The van der Waals surface area contributed by atoms with Gasteiger partial charge in [-0.2, -0.15) is 8.42 Å². The van der Waals surface area contributed by atoms with Gasteiger partial charge in [0.25, 0.3) is 0 Å². The van der Waals surface area contributed by atoms with Crippen LogP contribution < -0.4 is 0 Å². The minimum absolute atomic E-state index is 0.420. The molecule has 0 radical (unpaired) electrons. The zero-order valence-electron chi connectivity index (χ0n) is 9.54. The molecule has 0 aromatic heterocycles. The number of aliphatic hydroxyl groups is 1. The molecule has 7 heteroatoms. The van der Waals surface area contributed by atoms with E-state index in [4.69, 9.17) is 9.66 Å². The highest BCUT2D eigenvalue weighted by Crippen LogP contribution is 1.94. The highest BCUT2D eigenvalue weighted by atomic mass is 32.3. The molecule has 0 saturated heterocycles. The summed E-state index contributed by atoms with van der Waals surface area (Å²) in [6, 6.07) is 0. The molecule has 0 bridgehead atoms. The molecule has 0 amide bonds. The first-order chi connectivity index (χ1) is 7.28. The second kappa shape index (κ2) is 9.49. The van der Waals surface area contributed by atoms with Gasteiger partial charge in [-0.1, -0.05) is 12.2 Å². The molecule has 1 unspecified atom stereocenters. The van der Waals surface area contributed by atoms with Crippen LogP contribution in [0.1, 0.15) is 6.92 Å². The molecule has 0 fully saturated rings. The van der Waals surface area contributed by atoms with E-state index in [1.807, 2.05) is 4.90 Å². The van der Waals surface area contributed by atoms with Crippen LogP contribution in [0.5, 0.6) is 0 Å². The van der Waals surface area contributed by atoms with Crippen molar-refractivity contribution in [3.63, 3.8) is 0 Å². The van der Waals surface area contributed by atoms with E-state index in [-0.39, 0.29) is 0 Å². The quantitative estimate of drug-likeness (QED) is 0.405. The third-order valence-electron chi connectivity index (χ3n) is 1.47. The Labute approximate surface area is 96.8 Å². The fourth-order valence-electron chi connectivity index (χ4n) is 0.711. The van der Waals surface area contributed by atoms with Crippen molar-refractivity contribution in [3.8, 4) is 0 Å². The molecule has 0 aliphatic heterocycles. The summed E-state index contributed by atoms with van der Waals surface area (Å²) < 4.78 is 29.7. The van der Waals surface area contributed by atoms with Gasteiger partial charge in [0.1, 0.15) is 6.23 Å². The van der Waals surface area contributed by atoms with Crippen LogP contribution in [0.4, 0.5) is 0 Å². The molecular weight excluding hydrogens is 234 g/mol. The lowest BCUT2D eigenvalue weighted by Gasteiger charge is -2.21. The van der Waals surface area contributed by atoms with Crippen molar-refractivity contribution in [2.75, 3.05) is 20.2 Å². The second-order valence-electron chi connectivity index (χ2n) is 2.76. The summed E-state index contributed by atoms with van der Waals surface area (Å²) in [6.07, 6.45) is 3.10. The van der Waals surface area contributed by atoms with E-state index in [0.717, 1.165) is 7.11 Å². The molecule has 1 atom stereocenters. The monoisotopic (exact) mass is 253 g/mol. The number of nitrogens with zero attached hydrogens (tertiary/aromatic N) is 1. The van der Waals surface area contributed by atoms with Gasteiger partial charge in [-0.25, -0.2) is 0 Å². The van der Waals surface area contributed by atoms with Gasteiger partial charge in [0.2, 0.25) is 0 Å². The molecule has 2 N–H and O–H groups in total. The Hall–Kier alpha value is -0.730. The number of rotatable bonds is 6. The van der Waals surface area contributed by atoms with Gasteiger partial charge in [-0.05, 0) is 6.92 Å². The lowest BCUT2D eigenvalue weighted by molar-refractivity contribution is 0.0359. The van der Waals surface area contributed by atoms with Crippen LogP contribution in [0.2, 0.25) is 0 Å². The van der Waals surface area contributed by atoms with E-state index in [2.05, 4.69) is 17.3 Å². The summed E-state index contributed by atoms with van der Waals surface area (Å²) in [4.78, 5) is 1.85. The fraction of sp³-hybridized carbons (Fsp3) is 0.556. The van der Waals surface area contributed by atoms with Crippen LogP contribution in [0, 0.1) is 0 Å². The molecule has 0 aliphatic rings. The Morgan fingerprint density at radius 2 is 1.69 bits per heavy atom. The van der Waals surface area contributed by atoms with E-state index >= 15 is 0 Å². The molecule has 96 valence electrons. The molecule has 6 nitrogen and oxygen atoms in total. The zero-order valence-corrected chi connectivity index (χ0v) is 10.4. The Kier molecular flexibility index (Phi) is 10.5. The predicted molar refractivity (Wildman–Crippen MR) is 62.2 cm³/mol. The van der Waals surface area contributed by atoms with Crippen molar-refractivity contribution >= 4 is 10.4 Å². The highest BCUT2D eigenvalue weighted by Gasteiger charge is 2.04. The van der Waals surface area contributed by atoms with E-state index < -0.39 is 16.6 Å². The fourth-order valence-corrected chi connectivity index (χ4v) is 0.711. The molecular formula is C9H19NO5S. The van der Waals surface area contributed by atoms with Crippen LogP contribution in [0.3, 0.4) is 0 Å². The summed E-state index contributed by atoms with van der Waals surface area (Å²) in [7, 11) is -3.29. The molecule has 0 heterocycles. The van der Waals surface area contributed by atoms with Crippen LogP contribution in [-0.4, -0.2) is 49.4 Å². The highest BCUT2D eigenvalue weighted by molar-refractivity contribution is 7.80. The summed E-state index contributed by atoms with van der Waals surface area (Å²) in [5.74, 6) is 0. The average molecular weight is 253 g/mol. The minimum Gasteiger partial charge on any atom is -0.379 e. The van der Waals surface area contributed by atoms with Gasteiger partial charge in [-0.3, -0.25) is 13.6 Å². The van der Waals surface area contributed by atoms with Gasteiger partial charge in [0.15, 0.2) is 0 Å². The normalized spacial score (nSPS) is 12.6. The third kappa shape index (κ3) is 13.3. The maximum atomic E-state index is 9.33. The number of hydrogen-bond acceptors (Lipinski definition) is 5. The molecule has 16 heavy (non-hydrogen) atoms. The number of hydrogen-bond donors (Lipinski definition) is 2. The van der Waals surface area contributed by atoms with Gasteiger partial charge in [0, 0.05) is 13.1 Å². The van der Waals surface area contributed by atoms with Gasteiger partial charge in [0.05, 0.1) is 7.11 Å². The van der Waals surface area contributed by atoms with E-state index in [9.17, 15) is 8.42 Å². The van der Waals surface area contributed by atoms with Gasteiger partial charge >= 0.3 is 10.4 Å². The van der Waals surface area contributed by atoms with Crippen LogP contribution in [-0.2, 0) is 14.6 Å². The van der Waals surface area contributed by atoms with E-state index in [1.165, 1.54) is 0 Å². The largest absolute Gasteiger partial charge is 0.397 e. The third-order valence-corrected chi connectivity index (χ3v) is 1.89. The summed E-state index contributed by atoms with van der Waals surface area (Å²) in [5.41, 5.74) is 0. The Morgan fingerprint density at radius 3 is 1.81 bits per heavy atom. The van der Waals surface area contributed by atoms with E-state index in [0.29, 0.717) is 13.1 Å². The van der Waals surface area contributed by atoms with Crippen molar-refractivity contribution in [3.05, 3.63) is 25.3 Å². The lowest BCUT2D eigenvalue weighted by Crippen LogP contribution is -2.32. The molecule has 0 aromatic carbocycles. The lowest BCUT2D eigenvalue weighted by atomic mass is 10.4. The zero-order chi connectivity index (χ0) is 13.2. The van der Waals surface area contributed by atoms with Crippen LogP contribution >= 0.6 is 0 Å². The molecule has 0 rings (SSSR count). The van der Waals surface area contributed by atoms with Crippen molar-refractivity contribution in [1.82, 2.24) is 4.90 Å². The van der Waals surface area contributed by atoms with Gasteiger partial charge < -0.3 is 5.11 Å². The summed E-state index contributed by atoms with van der Waals surface area (Å²) in [6.45, 7) is 10.3. The maximum Gasteiger partial charge on any atom is 0.397 e. The smallest absolute Gasteiger partial charge is 0.379 e. The molecule has 0 spiro atoms. The number of aliphatic hydroxyl groups excluding tert-OH is 1. The maximum absolute atomic E-state index is 9.33. The topological polar surface area (TPSA) is 87.1 Å². The first kappa shape index (κ1) is 17.7. The van der Waals surface area contributed by atoms with Crippen molar-refractivity contribution in [1.29, 1.82) is 0 Å². The average Bonchev–Trinajstić information content (AvgIpc) is 2.17. The van der Waals surface area contributed by atoms with Crippen molar-refractivity contribution < 1.29 is 22.3 Å². The first-order valence-corrected chi connectivity index (χ1v) is 5.82. The summed E-state index contributed by atoms with van der Waals surface area (Å²) in [5, 5.41) is 9.10. The standard InChI is InChI=1S/C8H15NO.CH4O4S/c1-4-6-9(7-5-2)8(3)10;1-5-6(2,3)4/h4-5,8,10H,1-2,6-7H2,3H3;1H3,(H,2,3,4). The second-order valence-corrected chi connectivity index (χ2v) is 3.95. The predicted octanol–water partition coefficient (Wildman–Crippen LogP) is 0.434. The van der Waals surface area contributed by atoms with Gasteiger partial charge in [-0.15, -0.1) is 13.2 Å². The Morgan fingerprint density at radius 1 is 1.38 bits per heavy atom. The first-order valence-electron chi connectivity index (χ1n) is 4.45. The Balaban J connectivity index is 0. The van der Waals surface area contributed by atoms with Crippen molar-refractivity contribution in [2.24, 2.45) is 0 Å². The SMILES string of the molecule is C=CCN(CC=C)C(C)O.COS(=O)(=O)O. The minimum atomic E-state index is -4.16. The van der Waals surface area contributed by atoms with E-state index in [1.54, 1.807) is 19.1 Å². The molecule has 0 aliphatic carbocycles. The van der Waals surface area contributed by atoms with Crippen molar-refractivity contribution in [2.45, 2.75) is 13.2 Å². The van der Waals surface area contributed by atoms with Crippen LogP contribution in [0.15, 0.2) is 25.3 Å².